The first kappa shape index (κ1) is 23.8. The molecule has 1 aromatic carbocycles. The Morgan fingerprint density at radius 2 is 1.86 bits per heavy atom. The molecule has 1 aliphatic carbocycles. The van der Waals surface area contributed by atoms with E-state index in [4.69, 9.17) is 4.74 Å². The maximum atomic E-state index is 12.4. The second kappa shape index (κ2) is 12.9. The Hall–Kier alpha value is -1.49. The van der Waals surface area contributed by atoms with E-state index in [9.17, 15) is 15.0 Å². The molecule has 4 nitrogen and oxygen atoms in total. The van der Waals surface area contributed by atoms with E-state index >= 15 is 0 Å². The van der Waals surface area contributed by atoms with Gasteiger partial charge >= 0.3 is 0 Å². The van der Waals surface area contributed by atoms with Gasteiger partial charge in [0.15, 0.2) is 6.29 Å². The highest BCUT2D eigenvalue weighted by Gasteiger charge is 2.34. The van der Waals surface area contributed by atoms with E-state index in [0.717, 1.165) is 56.9 Å². The minimum atomic E-state index is -0.683. The monoisotopic (exact) mass is 402 g/mol. The van der Waals surface area contributed by atoms with Crippen molar-refractivity contribution in [1.82, 2.24) is 0 Å². The Labute approximate surface area is 176 Å². The summed E-state index contributed by atoms with van der Waals surface area (Å²) >= 11 is 0. The molecule has 0 spiro atoms. The van der Waals surface area contributed by atoms with Crippen molar-refractivity contribution in [3.63, 3.8) is 0 Å². The number of hydrogen-bond acceptors (Lipinski definition) is 4. The second-order valence-electron chi connectivity index (χ2n) is 8.22. The lowest BCUT2D eigenvalue weighted by Gasteiger charge is -2.19. The number of Topliss-reactive ketones (excluding diaryl/α,β-unsaturated/α-hetero) is 1. The van der Waals surface area contributed by atoms with E-state index < -0.39 is 12.4 Å². The molecule has 2 unspecified atom stereocenters. The fourth-order valence-electron chi connectivity index (χ4n) is 4.21. The number of unbranched alkanes of at least 4 members (excludes halogenated alkanes) is 3. The van der Waals surface area contributed by atoms with E-state index in [0.29, 0.717) is 18.6 Å². The number of ether oxygens (including phenoxy) is 1. The highest BCUT2D eigenvalue weighted by Crippen LogP contribution is 2.40. The largest absolute Gasteiger partial charge is 0.388 e. The van der Waals surface area contributed by atoms with Crippen molar-refractivity contribution in [3.05, 3.63) is 47.5 Å². The summed E-state index contributed by atoms with van der Waals surface area (Å²) in [5.74, 6) is 0.683. The first-order chi connectivity index (χ1) is 14.1. The summed E-state index contributed by atoms with van der Waals surface area (Å²) in [6, 6.07) is 8.26. The molecular formula is C25H38O4. The predicted octanol–water partition coefficient (Wildman–Crippen LogP) is 5.44. The van der Waals surface area contributed by atoms with Gasteiger partial charge < -0.3 is 14.9 Å². The molecule has 162 valence electrons. The molecular weight excluding hydrogens is 364 g/mol. The van der Waals surface area contributed by atoms with Crippen LogP contribution in [-0.4, -0.2) is 29.4 Å². The van der Waals surface area contributed by atoms with Crippen LogP contribution >= 0.6 is 0 Å². The van der Waals surface area contributed by atoms with Crippen LogP contribution in [0.5, 0.6) is 0 Å². The van der Waals surface area contributed by atoms with Gasteiger partial charge in [0.2, 0.25) is 0 Å². The number of aliphatic hydroxyl groups excluding tert-OH is 2. The van der Waals surface area contributed by atoms with Gasteiger partial charge in [-0.2, -0.15) is 0 Å². The number of benzene rings is 1. The molecule has 1 saturated carbocycles. The normalized spacial score (nSPS) is 21.7. The Balaban J connectivity index is 1.87. The molecule has 1 fully saturated rings. The molecule has 0 aromatic heterocycles. The Bertz CT molecular complexity index is 622. The van der Waals surface area contributed by atoms with Crippen molar-refractivity contribution < 1.29 is 19.7 Å². The van der Waals surface area contributed by atoms with E-state index in [1.807, 2.05) is 12.1 Å². The fourth-order valence-corrected chi connectivity index (χ4v) is 4.21. The van der Waals surface area contributed by atoms with Gasteiger partial charge in [-0.1, -0.05) is 62.6 Å². The van der Waals surface area contributed by atoms with Crippen LogP contribution in [0.3, 0.4) is 0 Å². The van der Waals surface area contributed by atoms with Crippen LogP contribution in [0, 0.1) is 5.92 Å². The van der Waals surface area contributed by atoms with Crippen molar-refractivity contribution in [2.45, 2.75) is 89.4 Å². The van der Waals surface area contributed by atoms with Crippen LogP contribution in [0.1, 0.15) is 94.3 Å². The standard InChI is InChI=1S/C25H38O4/c1-3-4-7-11-23(26)20-15-13-19(14-16-20)21-17-18-24(27)22(21)10-8-5-6-9-12-25(28)29-2/h5,8,13-16,21-23,25-26,28H,3-4,6-7,9-12,17-18H2,1-2H3/b8-5-/t21-,22-,23?,25?/m1/s1. The maximum absolute atomic E-state index is 12.4. The smallest absolute Gasteiger partial charge is 0.154 e. The highest BCUT2D eigenvalue weighted by molar-refractivity contribution is 5.84. The average molecular weight is 403 g/mol. The van der Waals surface area contributed by atoms with Gasteiger partial charge in [0.05, 0.1) is 6.10 Å². The number of methoxy groups -OCH3 is 1. The van der Waals surface area contributed by atoms with Gasteiger partial charge in [-0.15, -0.1) is 0 Å². The molecule has 0 amide bonds. The van der Waals surface area contributed by atoms with E-state index in [1.165, 1.54) is 12.7 Å². The summed E-state index contributed by atoms with van der Waals surface area (Å²) < 4.78 is 4.83. The molecule has 0 bridgehead atoms. The van der Waals surface area contributed by atoms with Crippen molar-refractivity contribution in [2.24, 2.45) is 5.92 Å². The van der Waals surface area contributed by atoms with E-state index in [-0.39, 0.29) is 11.8 Å². The molecule has 4 atom stereocenters. The van der Waals surface area contributed by atoms with Crippen LogP contribution in [0.15, 0.2) is 36.4 Å². The number of ketones is 1. The minimum absolute atomic E-state index is 0.0520. The first-order valence-corrected chi connectivity index (χ1v) is 11.2. The predicted molar refractivity (Wildman–Crippen MR) is 117 cm³/mol. The highest BCUT2D eigenvalue weighted by atomic mass is 16.6. The number of carbonyl (C=O) groups is 1. The molecule has 2 N–H and O–H groups in total. The van der Waals surface area contributed by atoms with Gasteiger partial charge in [-0.25, -0.2) is 0 Å². The molecule has 29 heavy (non-hydrogen) atoms. The number of carbonyl (C=O) groups excluding carboxylic acids is 1. The molecule has 1 aromatic rings. The van der Waals surface area contributed by atoms with Crippen LogP contribution in [0.2, 0.25) is 0 Å². The first-order valence-electron chi connectivity index (χ1n) is 11.2. The third-order valence-electron chi connectivity index (χ3n) is 6.08. The van der Waals surface area contributed by atoms with Crippen LogP contribution in [0.25, 0.3) is 0 Å². The second-order valence-corrected chi connectivity index (χ2v) is 8.22. The Kier molecular flexibility index (Phi) is 10.6. The van der Waals surface area contributed by atoms with Gasteiger partial charge in [-0.05, 0) is 55.6 Å². The quantitative estimate of drug-likeness (QED) is 0.262. The summed E-state index contributed by atoms with van der Waals surface area (Å²) in [7, 11) is 1.51. The van der Waals surface area contributed by atoms with Crippen molar-refractivity contribution in [1.29, 1.82) is 0 Å². The zero-order valence-corrected chi connectivity index (χ0v) is 18.1. The van der Waals surface area contributed by atoms with Crippen molar-refractivity contribution in [3.8, 4) is 0 Å². The molecule has 0 saturated heterocycles. The van der Waals surface area contributed by atoms with Crippen LogP contribution in [0.4, 0.5) is 0 Å². The number of rotatable bonds is 13. The summed E-state index contributed by atoms with van der Waals surface area (Å²) in [4.78, 5) is 12.4. The van der Waals surface area contributed by atoms with E-state index in [2.05, 4.69) is 31.2 Å². The molecule has 0 heterocycles. The summed E-state index contributed by atoms with van der Waals surface area (Å²) in [5, 5.41) is 19.7. The number of allylic oxidation sites excluding steroid dienone is 2. The zero-order valence-electron chi connectivity index (χ0n) is 18.1. The zero-order chi connectivity index (χ0) is 21.1. The minimum Gasteiger partial charge on any atom is -0.388 e. The fraction of sp³-hybridized carbons (Fsp3) is 0.640. The molecule has 0 aliphatic heterocycles. The van der Waals surface area contributed by atoms with Gasteiger partial charge in [0, 0.05) is 19.4 Å². The summed E-state index contributed by atoms with van der Waals surface area (Å²) in [6.45, 7) is 2.17. The third-order valence-corrected chi connectivity index (χ3v) is 6.08. The third kappa shape index (κ3) is 7.69. The summed E-state index contributed by atoms with van der Waals surface area (Å²) in [5.41, 5.74) is 2.19. The molecule has 0 radical (unpaired) electrons. The molecule has 4 heteroatoms. The SMILES string of the molecule is CCCCCC(O)c1ccc([C@H]2CCC(=O)[C@@H]2C/C=C\CCCC(O)OC)cc1. The van der Waals surface area contributed by atoms with Gasteiger partial charge in [0.1, 0.15) is 5.78 Å². The lowest BCUT2D eigenvalue weighted by Crippen LogP contribution is -2.13. The molecule has 1 aliphatic rings. The molecule has 2 rings (SSSR count). The number of hydrogen-bond donors (Lipinski definition) is 2. The Morgan fingerprint density at radius 1 is 1.10 bits per heavy atom. The Morgan fingerprint density at radius 3 is 2.55 bits per heavy atom. The van der Waals surface area contributed by atoms with Gasteiger partial charge in [-0.3, -0.25) is 4.79 Å². The van der Waals surface area contributed by atoms with E-state index in [1.54, 1.807) is 0 Å². The van der Waals surface area contributed by atoms with Crippen LogP contribution in [-0.2, 0) is 9.53 Å². The number of aliphatic hydroxyl groups is 2. The summed E-state index contributed by atoms with van der Waals surface area (Å²) in [6.07, 6.45) is 12.1. The van der Waals surface area contributed by atoms with Gasteiger partial charge in [0.25, 0.3) is 0 Å². The average Bonchev–Trinajstić information content (AvgIpc) is 3.10. The lowest BCUT2D eigenvalue weighted by atomic mass is 9.85. The van der Waals surface area contributed by atoms with Crippen molar-refractivity contribution in [2.75, 3.05) is 7.11 Å². The topological polar surface area (TPSA) is 66.8 Å². The lowest BCUT2D eigenvalue weighted by molar-refractivity contribution is -0.120. The van der Waals surface area contributed by atoms with Crippen molar-refractivity contribution >= 4 is 5.78 Å². The van der Waals surface area contributed by atoms with Crippen LogP contribution < -0.4 is 0 Å². The maximum Gasteiger partial charge on any atom is 0.154 e.